The lowest BCUT2D eigenvalue weighted by atomic mass is 10.1. The Morgan fingerprint density at radius 2 is 1.97 bits per heavy atom. The van der Waals surface area contributed by atoms with Gasteiger partial charge < -0.3 is 24.7 Å². The molecule has 1 aliphatic rings. The Hall–Kier alpha value is -3.81. The molecule has 2 N–H and O–H groups in total. The van der Waals surface area contributed by atoms with Crippen LogP contribution in [0, 0.1) is 0 Å². The fourth-order valence-corrected chi connectivity index (χ4v) is 3.71. The number of H-pyrrole nitrogens is 1. The number of benzene rings is 2. The molecule has 1 aromatic heterocycles. The third kappa shape index (κ3) is 4.74. The first-order valence-corrected chi connectivity index (χ1v) is 10.6. The molecule has 0 saturated heterocycles. The van der Waals surface area contributed by atoms with Gasteiger partial charge in [-0.2, -0.15) is 0 Å². The van der Waals surface area contributed by atoms with Gasteiger partial charge in [-0.15, -0.1) is 0 Å². The van der Waals surface area contributed by atoms with Crippen LogP contribution in [-0.4, -0.2) is 48.6 Å². The Balaban J connectivity index is 1.23. The van der Waals surface area contributed by atoms with Crippen LogP contribution in [0.4, 0.5) is 5.69 Å². The summed E-state index contributed by atoms with van der Waals surface area (Å²) in [5, 5.41) is 3.93. The van der Waals surface area contributed by atoms with Crippen LogP contribution in [0.15, 0.2) is 54.7 Å². The maximum Gasteiger partial charge on any atom is 0.308 e. The van der Waals surface area contributed by atoms with Crippen LogP contribution in [0.25, 0.3) is 10.9 Å². The van der Waals surface area contributed by atoms with Gasteiger partial charge in [0.1, 0.15) is 5.75 Å². The Kier molecular flexibility index (Phi) is 6.39. The molecule has 2 heterocycles. The molecular formula is C24H25N3O5. The molecule has 0 bridgehead atoms. The van der Waals surface area contributed by atoms with Crippen LogP contribution in [0.1, 0.15) is 18.9 Å². The molecule has 166 valence electrons. The molecule has 0 aliphatic carbocycles. The first kappa shape index (κ1) is 21.4. The molecule has 0 radical (unpaired) electrons. The number of esters is 1. The maximum absolute atomic E-state index is 12.3. The lowest BCUT2D eigenvalue weighted by Crippen LogP contribution is -2.41. The number of ether oxygens (including phenoxy) is 2. The number of anilines is 1. The first-order chi connectivity index (χ1) is 15.5. The highest BCUT2D eigenvalue weighted by Gasteiger charge is 2.26. The Morgan fingerprint density at radius 1 is 1.19 bits per heavy atom. The molecule has 1 unspecified atom stereocenters. The topological polar surface area (TPSA) is 101 Å². The number of para-hydroxylation sites is 3. The minimum absolute atomic E-state index is 0.0208. The fraction of sp³-hybridized carbons (Fsp3) is 0.292. The number of fused-ring (bicyclic) bond motifs is 2. The zero-order chi connectivity index (χ0) is 22.5. The van der Waals surface area contributed by atoms with Gasteiger partial charge >= 0.3 is 5.97 Å². The van der Waals surface area contributed by atoms with E-state index in [1.54, 1.807) is 18.2 Å². The normalized spacial score (nSPS) is 13.9. The van der Waals surface area contributed by atoms with E-state index in [4.69, 9.17) is 9.47 Å². The van der Waals surface area contributed by atoms with Gasteiger partial charge in [-0.1, -0.05) is 30.3 Å². The number of aromatic nitrogens is 1. The predicted molar refractivity (Wildman–Crippen MR) is 119 cm³/mol. The van der Waals surface area contributed by atoms with Crippen LogP contribution in [0.2, 0.25) is 0 Å². The number of nitrogens with one attached hydrogen (secondary N) is 2. The van der Waals surface area contributed by atoms with Crippen LogP contribution in [0.5, 0.6) is 5.75 Å². The summed E-state index contributed by atoms with van der Waals surface area (Å²) in [6, 6.07) is 15.1. The summed E-state index contributed by atoms with van der Waals surface area (Å²) in [6.07, 6.45) is 1.66. The van der Waals surface area contributed by atoms with Gasteiger partial charge in [0, 0.05) is 30.2 Å². The van der Waals surface area contributed by atoms with Crippen molar-refractivity contribution in [1.82, 2.24) is 10.3 Å². The van der Waals surface area contributed by atoms with Gasteiger partial charge in [0.2, 0.25) is 0 Å². The molecule has 32 heavy (non-hydrogen) atoms. The summed E-state index contributed by atoms with van der Waals surface area (Å²) in [7, 11) is 0. The van der Waals surface area contributed by atoms with Crippen LogP contribution >= 0.6 is 0 Å². The Labute approximate surface area is 185 Å². The summed E-state index contributed by atoms with van der Waals surface area (Å²) in [5.74, 6) is -0.518. The summed E-state index contributed by atoms with van der Waals surface area (Å²) in [6.45, 7) is 2.06. The van der Waals surface area contributed by atoms with Crippen LogP contribution in [-0.2, 0) is 25.5 Å². The van der Waals surface area contributed by atoms with Crippen molar-refractivity contribution in [2.75, 3.05) is 24.6 Å². The molecule has 0 spiro atoms. The lowest BCUT2D eigenvalue weighted by Gasteiger charge is -2.29. The van der Waals surface area contributed by atoms with E-state index in [9.17, 15) is 14.4 Å². The molecule has 1 atom stereocenters. The van der Waals surface area contributed by atoms with Crippen molar-refractivity contribution in [3.05, 3.63) is 60.3 Å². The SMILES string of the molecule is CC(OC(=O)CCN1C(=O)COc2ccccc21)C(=O)NCCc1c[nH]c2ccccc12. The summed E-state index contributed by atoms with van der Waals surface area (Å²) >= 11 is 0. The number of aromatic amines is 1. The largest absolute Gasteiger partial charge is 0.482 e. The number of rotatable bonds is 8. The molecule has 3 aromatic rings. The maximum atomic E-state index is 12.3. The number of carbonyl (C=O) groups is 3. The highest BCUT2D eigenvalue weighted by molar-refractivity contribution is 5.98. The minimum Gasteiger partial charge on any atom is -0.482 e. The molecule has 0 saturated carbocycles. The van der Waals surface area contributed by atoms with E-state index in [2.05, 4.69) is 10.3 Å². The second-order valence-corrected chi connectivity index (χ2v) is 7.58. The zero-order valence-electron chi connectivity index (χ0n) is 17.8. The van der Waals surface area contributed by atoms with E-state index in [1.165, 1.54) is 11.8 Å². The van der Waals surface area contributed by atoms with Crippen molar-refractivity contribution in [3.8, 4) is 5.75 Å². The van der Waals surface area contributed by atoms with Crippen molar-refractivity contribution in [1.29, 1.82) is 0 Å². The zero-order valence-corrected chi connectivity index (χ0v) is 17.8. The average molecular weight is 435 g/mol. The predicted octanol–water partition coefficient (Wildman–Crippen LogP) is 2.57. The van der Waals surface area contributed by atoms with Gasteiger partial charge in [-0.05, 0) is 37.1 Å². The van der Waals surface area contributed by atoms with E-state index in [0.29, 0.717) is 24.4 Å². The van der Waals surface area contributed by atoms with Gasteiger partial charge in [-0.25, -0.2) is 0 Å². The molecule has 8 nitrogen and oxygen atoms in total. The highest BCUT2D eigenvalue weighted by atomic mass is 16.5. The second kappa shape index (κ2) is 9.55. The van der Waals surface area contributed by atoms with Crippen molar-refractivity contribution >= 4 is 34.4 Å². The lowest BCUT2D eigenvalue weighted by molar-refractivity contribution is -0.154. The first-order valence-electron chi connectivity index (χ1n) is 10.6. The number of amides is 2. The number of hydrogen-bond acceptors (Lipinski definition) is 5. The summed E-state index contributed by atoms with van der Waals surface area (Å²) in [4.78, 5) is 41.5. The van der Waals surface area contributed by atoms with E-state index in [-0.39, 0.29) is 31.4 Å². The Morgan fingerprint density at radius 3 is 2.84 bits per heavy atom. The van der Waals surface area contributed by atoms with Gasteiger partial charge in [-0.3, -0.25) is 14.4 Å². The molecule has 0 fully saturated rings. The third-order valence-corrected chi connectivity index (χ3v) is 5.39. The smallest absolute Gasteiger partial charge is 0.308 e. The standard InChI is InChI=1S/C24H25N3O5/c1-16(24(30)25-12-10-17-14-26-19-7-3-2-6-18(17)19)32-23(29)11-13-27-20-8-4-5-9-21(20)31-15-22(27)28/h2-9,14,16,26H,10-13,15H2,1H3,(H,25,30). The quantitative estimate of drug-likeness (QED) is 0.530. The van der Waals surface area contributed by atoms with Crippen molar-refractivity contribution < 1.29 is 23.9 Å². The molecule has 2 amide bonds. The van der Waals surface area contributed by atoms with E-state index in [0.717, 1.165) is 16.5 Å². The molecular weight excluding hydrogens is 410 g/mol. The molecule has 2 aromatic carbocycles. The number of carbonyl (C=O) groups excluding carboxylic acids is 3. The fourth-order valence-electron chi connectivity index (χ4n) is 3.71. The number of hydrogen-bond donors (Lipinski definition) is 2. The third-order valence-electron chi connectivity index (χ3n) is 5.39. The molecule has 1 aliphatic heterocycles. The van der Waals surface area contributed by atoms with E-state index < -0.39 is 12.1 Å². The van der Waals surface area contributed by atoms with Crippen molar-refractivity contribution in [2.45, 2.75) is 25.9 Å². The number of nitrogens with zero attached hydrogens (tertiary/aromatic N) is 1. The summed E-state index contributed by atoms with van der Waals surface area (Å²) < 4.78 is 10.7. The molecule has 8 heteroatoms. The Bertz CT molecular complexity index is 1140. The second-order valence-electron chi connectivity index (χ2n) is 7.58. The van der Waals surface area contributed by atoms with Gasteiger partial charge in [0.15, 0.2) is 12.7 Å². The van der Waals surface area contributed by atoms with E-state index >= 15 is 0 Å². The van der Waals surface area contributed by atoms with E-state index in [1.807, 2.05) is 36.5 Å². The van der Waals surface area contributed by atoms with Gasteiger partial charge in [0.25, 0.3) is 11.8 Å². The van der Waals surface area contributed by atoms with Crippen molar-refractivity contribution in [2.24, 2.45) is 0 Å². The molecule has 4 rings (SSSR count). The monoisotopic (exact) mass is 435 g/mol. The van der Waals surface area contributed by atoms with Gasteiger partial charge in [0.05, 0.1) is 12.1 Å². The minimum atomic E-state index is -0.918. The average Bonchev–Trinajstić information content (AvgIpc) is 3.21. The van der Waals surface area contributed by atoms with Crippen LogP contribution in [0.3, 0.4) is 0 Å². The van der Waals surface area contributed by atoms with Crippen LogP contribution < -0.4 is 15.0 Å². The van der Waals surface area contributed by atoms with Crippen molar-refractivity contribution in [3.63, 3.8) is 0 Å². The highest BCUT2D eigenvalue weighted by Crippen LogP contribution is 2.31. The summed E-state index contributed by atoms with van der Waals surface area (Å²) in [5.41, 5.74) is 2.79.